The minimum Gasteiger partial charge on any atom is -0.461 e. The maximum Gasteiger partial charge on any atom is 0.342 e. The van der Waals surface area contributed by atoms with Crippen molar-refractivity contribution in [1.29, 1.82) is 0 Å². The van der Waals surface area contributed by atoms with Crippen LogP contribution in [0.15, 0.2) is 69.4 Å². The fourth-order valence-electron chi connectivity index (χ4n) is 18.1. The van der Waals surface area contributed by atoms with Crippen LogP contribution in [0.2, 0.25) is 18.1 Å². The standard InChI is InChI=1S/C83H119NO23Si/c1-45-25-21-20-22-26-46(2)60(97-15)39-54-30-28-51(7)83(95,106-54)76(91)77(92)84-34-24-23-27-57(84)79(94)102-61(48(4)37-53-29-32-59(62(38-53)98-16)107-108(18,19)80(9,10)11)40-58(86)47(3)36-50(6)73(75(99-17)71(89)49(5)35-45)105-67(88)41-66(87)103-64-33-31-56-68-70(63(101-52(8)85)42-81(56,64)12)82(13)65(44-96-14)104-78(93)55-43-100-74(69(55)82)72(68)90/h20-22,25-26,36,43,45,47-49,51,53-54,56-57,59-65,73,75,95H,23-24,27-35,37-42,44H2,1-19H3/b22-20+,25-21+,46-26+,50-36+/t45-,47-,48-,49-,51-,53+,54+,56+,57+,59-,60+,61+,62-,63-,64+,65-,73-,75+,81+,82+,83-/m1/s1. The van der Waals surface area contributed by atoms with Crippen LogP contribution in [0.1, 0.15) is 219 Å². The molecule has 8 aliphatic rings. The van der Waals surface area contributed by atoms with Crippen LogP contribution in [0.5, 0.6) is 0 Å². The van der Waals surface area contributed by atoms with Crippen LogP contribution < -0.4 is 0 Å². The van der Waals surface area contributed by atoms with Gasteiger partial charge in [0.2, 0.25) is 11.6 Å². The number of piperidine rings is 1. The molecule has 0 radical (unpaired) electrons. The van der Waals surface area contributed by atoms with E-state index in [1.807, 2.05) is 65.0 Å². The molecule has 4 fully saturated rings. The number of hydrogen-bond acceptors (Lipinski definition) is 23. The highest BCUT2D eigenvalue weighted by molar-refractivity contribution is 6.74. The molecule has 2 saturated carbocycles. The molecule has 2 bridgehead atoms. The van der Waals surface area contributed by atoms with Gasteiger partial charge in [-0.2, -0.15) is 0 Å². The van der Waals surface area contributed by atoms with E-state index in [-0.39, 0.29) is 91.2 Å². The second-order valence-electron chi connectivity index (χ2n) is 34.1. The third kappa shape index (κ3) is 18.0. The number of furan rings is 1. The van der Waals surface area contributed by atoms with Crippen molar-refractivity contribution in [3.63, 3.8) is 0 Å². The molecule has 1 N–H and O–H groups in total. The van der Waals surface area contributed by atoms with Gasteiger partial charge >= 0.3 is 29.8 Å². The molecule has 24 nitrogen and oxygen atoms in total. The number of allylic oxidation sites excluding steroid dienone is 7. The zero-order chi connectivity index (χ0) is 79.4. The third-order valence-corrected chi connectivity index (χ3v) is 29.9. The average molecular weight is 1530 g/mol. The van der Waals surface area contributed by atoms with Crippen LogP contribution in [-0.2, 0) is 95.6 Å². The molecule has 1 amide bonds. The number of methoxy groups -OCH3 is 4. The van der Waals surface area contributed by atoms with E-state index in [1.165, 1.54) is 32.3 Å². The van der Waals surface area contributed by atoms with Gasteiger partial charge in [-0.05, 0) is 163 Å². The van der Waals surface area contributed by atoms with E-state index in [2.05, 4.69) is 33.9 Å². The van der Waals surface area contributed by atoms with Gasteiger partial charge in [0.15, 0.2) is 32.1 Å². The number of aliphatic hydroxyl groups is 1. The lowest BCUT2D eigenvalue weighted by Crippen LogP contribution is -2.61. The van der Waals surface area contributed by atoms with Gasteiger partial charge in [-0.15, -0.1) is 0 Å². The van der Waals surface area contributed by atoms with Crippen LogP contribution in [0.25, 0.3) is 0 Å². The highest BCUT2D eigenvalue weighted by Crippen LogP contribution is 2.63. The molecule has 2 saturated heterocycles. The molecule has 598 valence electrons. The molecule has 4 aliphatic carbocycles. The van der Waals surface area contributed by atoms with Gasteiger partial charge in [0.05, 0.1) is 36.4 Å². The number of ketones is 4. The molecule has 21 atom stereocenters. The van der Waals surface area contributed by atoms with Gasteiger partial charge in [0.1, 0.15) is 54.5 Å². The van der Waals surface area contributed by atoms with Crippen LogP contribution in [0, 0.1) is 46.8 Å². The Labute approximate surface area is 637 Å². The number of carbonyl (C=O) groups is 10. The molecule has 1 aromatic heterocycles. The van der Waals surface area contributed by atoms with E-state index in [0.29, 0.717) is 68.1 Å². The van der Waals surface area contributed by atoms with E-state index >= 15 is 9.59 Å². The van der Waals surface area contributed by atoms with E-state index < -0.39 is 175 Å². The number of nitrogens with zero attached hydrogens (tertiary/aromatic N) is 1. The summed E-state index contributed by atoms with van der Waals surface area (Å²) in [6.07, 6.45) is 8.09. The first kappa shape index (κ1) is 85.4. The summed E-state index contributed by atoms with van der Waals surface area (Å²) in [6, 6.07) is -1.25. The summed E-state index contributed by atoms with van der Waals surface area (Å²) in [5, 5.41) is 12.2. The summed E-state index contributed by atoms with van der Waals surface area (Å²) in [4.78, 5) is 146. The number of Topliss-reactive ketones (excluding diaryl/α,β-unsaturated/α-hetero) is 4. The predicted octanol–water partition coefficient (Wildman–Crippen LogP) is 12.0. The van der Waals surface area contributed by atoms with Crippen molar-refractivity contribution in [3.8, 4) is 0 Å². The molecule has 25 heteroatoms. The van der Waals surface area contributed by atoms with Gasteiger partial charge in [0.25, 0.3) is 11.7 Å². The monoisotopic (exact) mass is 1530 g/mol. The number of carbonyl (C=O) groups excluding carboxylic acids is 10. The summed E-state index contributed by atoms with van der Waals surface area (Å²) < 4.78 is 73.8. The number of fused-ring (bicyclic) bond motifs is 6. The fraction of sp³-hybridized carbons (Fsp3) is 0.711. The minimum atomic E-state index is -2.51. The summed E-state index contributed by atoms with van der Waals surface area (Å²) in [7, 11) is 3.80. The molecular formula is C83H119NO23Si. The second kappa shape index (κ2) is 35.0. The number of ether oxygens (including phenoxy) is 10. The number of amides is 1. The largest absolute Gasteiger partial charge is 0.461 e. The van der Waals surface area contributed by atoms with Crippen molar-refractivity contribution in [2.45, 2.75) is 289 Å². The minimum absolute atomic E-state index is 0.0152. The number of rotatable bonds is 15. The molecule has 0 unspecified atom stereocenters. The lowest BCUT2D eigenvalue weighted by Gasteiger charge is -2.52. The number of esters is 5. The topological polar surface area (TPSA) is 309 Å². The zero-order valence-electron chi connectivity index (χ0n) is 67.0. The Hall–Kier alpha value is -6.58. The van der Waals surface area contributed by atoms with E-state index in [1.54, 1.807) is 48.0 Å². The lowest BCUT2D eigenvalue weighted by atomic mass is 9.54. The highest BCUT2D eigenvalue weighted by Gasteiger charge is 2.66. The lowest BCUT2D eigenvalue weighted by molar-refractivity contribution is -0.265. The molecule has 0 spiro atoms. The van der Waals surface area contributed by atoms with Crippen LogP contribution in [-0.4, -0.2) is 192 Å². The van der Waals surface area contributed by atoms with Crippen molar-refractivity contribution < 1.29 is 109 Å². The fourth-order valence-corrected chi connectivity index (χ4v) is 19.5. The van der Waals surface area contributed by atoms with E-state index in [9.17, 15) is 43.5 Å². The summed E-state index contributed by atoms with van der Waals surface area (Å²) >= 11 is 0. The molecule has 9 rings (SSSR count). The van der Waals surface area contributed by atoms with Crippen LogP contribution in [0.3, 0.4) is 0 Å². The van der Waals surface area contributed by atoms with Crippen LogP contribution in [0.4, 0.5) is 0 Å². The smallest absolute Gasteiger partial charge is 0.342 e. The third-order valence-electron chi connectivity index (χ3n) is 25.4. The summed E-state index contributed by atoms with van der Waals surface area (Å²) in [5.41, 5.74) is -0.104. The SMILES string of the molecule is COC[C@H]1OC(=O)c2coc3c2[C@@]1(C)C1=C(C3=O)[C@@H]2CC[C@H](OC(=O)CC(=O)O[C@@H]3/C(C)=C/[C@@H](C)C(=O)C[C@@H]([C@H](C)C[C@@H]4CC[C@@H](O[Si](C)(C)C(C)(C)C)[C@H](OC)C4)OC(=O)[C@@H]4CCCCN4C(=O)C(=O)[C@]4(O)O[C@@H](CC[C@H]4C)C[C@H](OC)/C(C)=C/C=C/C=C/[C@@H](C)C[C@@H](C)C(=O)[C@@H]3OC)[C@@]2(C)C[C@H]1OC(C)=O. The quantitative estimate of drug-likeness (QED) is 0.0426. The zero-order valence-corrected chi connectivity index (χ0v) is 68.0. The van der Waals surface area contributed by atoms with E-state index in [4.69, 9.17) is 56.2 Å². The first-order valence-electron chi connectivity index (χ1n) is 38.9. The number of hydrogen-bond donors (Lipinski definition) is 1. The molecule has 1 aromatic rings. The average Bonchev–Trinajstić information content (AvgIpc) is 1.36. The first-order chi connectivity index (χ1) is 50.8. The Morgan fingerprint density at radius 2 is 1.49 bits per heavy atom. The molecule has 4 aliphatic heterocycles. The van der Waals surface area contributed by atoms with Gasteiger partial charge < -0.3 is 66.2 Å². The van der Waals surface area contributed by atoms with Gasteiger partial charge in [-0.3, -0.25) is 38.4 Å². The summed E-state index contributed by atoms with van der Waals surface area (Å²) in [6.45, 7) is 28.3. The maximum absolute atomic E-state index is 15.2. The Kier molecular flexibility index (Phi) is 27.7. The Morgan fingerprint density at radius 3 is 2.16 bits per heavy atom. The van der Waals surface area contributed by atoms with Gasteiger partial charge in [0, 0.05) is 89.1 Å². The summed E-state index contributed by atoms with van der Waals surface area (Å²) in [5.74, 6) is -14.0. The number of cyclic esters (lactones) is 2. The van der Waals surface area contributed by atoms with Crippen molar-refractivity contribution in [2.75, 3.05) is 41.6 Å². The van der Waals surface area contributed by atoms with Crippen molar-refractivity contribution in [2.24, 2.45) is 46.8 Å². The molecule has 108 heavy (non-hydrogen) atoms. The van der Waals surface area contributed by atoms with Gasteiger partial charge in [-0.1, -0.05) is 98.8 Å². The normalized spacial score (nSPS) is 37.0. The molecule has 5 heterocycles. The second-order valence-corrected chi connectivity index (χ2v) is 38.8. The first-order valence-corrected chi connectivity index (χ1v) is 41.8. The Bertz CT molecular complexity index is 3700. The van der Waals surface area contributed by atoms with Crippen molar-refractivity contribution in [1.82, 2.24) is 4.90 Å². The molecular weight excluding hydrogens is 1410 g/mol. The van der Waals surface area contributed by atoms with Crippen LogP contribution >= 0.6 is 0 Å². The van der Waals surface area contributed by atoms with Gasteiger partial charge in [-0.25, -0.2) is 9.59 Å². The maximum atomic E-state index is 15.2. The van der Waals surface area contributed by atoms with E-state index in [0.717, 1.165) is 18.4 Å². The van der Waals surface area contributed by atoms with Crippen molar-refractivity contribution in [3.05, 3.63) is 81.9 Å². The Morgan fingerprint density at radius 1 is 0.778 bits per heavy atom. The predicted molar refractivity (Wildman–Crippen MR) is 399 cm³/mol. The van der Waals surface area contributed by atoms with Crippen molar-refractivity contribution >= 4 is 67.2 Å². The molecule has 0 aromatic carbocycles. The Balaban J connectivity index is 1.02. The highest BCUT2D eigenvalue weighted by atomic mass is 28.4.